The summed E-state index contributed by atoms with van der Waals surface area (Å²) in [6.07, 6.45) is 10.3. The Bertz CT molecular complexity index is 992. The molecule has 3 N–H and O–H groups in total. The molecule has 0 saturated heterocycles. The highest BCUT2D eigenvalue weighted by Gasteiger charge is 2.12. The van der Waals surface area contributed by atoms with Crippen LogP contribution in [-0.2, 0) is 4.79 Å². The summed E-state index contributed by atoms with van der Waals surface area (Å²) in [6, 6.07) is 9.26. The number of hydrogen-bond donors (Lipinski definition) is 3. The van der Waals surface area contributed by atoms with Crippen LogP contribution in [-0.4, -0.2) is 38.7 Å². The smallest absolute Gasteiger partial charge is 0.212 e. The average Bonchev–Trinajstić information content (AvgIpc) is 2.78. The van der Waals surface area contributed by atoms with E-state index in [4.69, 9.17) is 4.74 Å². The number of nitrogens with zero attached hydrogens (tertiary/aromatic N) is 2. The van der Waals surface area contributed by atoms with E-state index >= 15 is 0 Å². The number of nitrogens with one attached hydrogen (secondary N) is 3. The minimum absolute atomic E-state index is 0.0885. The van der Waals surface area contributed by atoms with Gasteiger partial charge in [0.1, 0.15) is 17.3 Å². The molecule has 0 atom stereocenters. The normalized spacial score (nSPS) is 11.8. The molecule has 7 nitrogen and oxygen atoms in total. The maximum absolute atomic E-state index is 10.6. The van der Waals surface area contributed by atoms with Crippen molar-refractivity contribution in [1.29, 1.82) is 0 Å². The summed E-state index contributed by atoms with van der Waals surface area (Å²) in [6.45, 7) is 11.9. The Morgan fingerprint density at radius 1 is 1.21 bits per heavy atom. The van der Waals surface area contributed by atoms with Crippen molar-refractivity contribution in [1.82, 2.24) is 10.3 Å². The molecule has 2 rings (SSSR count). The molecular formula is C26H35N5O2. The second kappa shape index (κ2) is 12.5. The van der Waals surface area contributed by atoms with Crippen LogP contribution in [0.4, 0.5) is 17.2 Å². The summed E-state index contributed by atoms with van der Waals surface area (Å²) in [5, 5.41) is 9.16. The predicted octanol–water partition coefficient (Wildman–Crippen LogP) is 5.18. The Labute approximate surface area is 197 Å². The summed E-state index contributed by atoms with van der Waals surface area (Å²) >= 11 is 0. The molecule has 1 aromatic carbocycles. The Balaban J connectivity index is 1.96. The zero-order valence-electron chi connectivity index (χ0n) is 20.2. The van der Waals surface area contributed by atoms with Gasteiger partial charge in [-0.05, 0) is 29.2 Å². The largest absolute Gasteiger partial charge is 0.457 e. The summed E-state index contributed by atoms with van der Waals surface area (Å²) in [5.41, 5.74) is 3.28. The van der Waals surface area contributed by atoms with Gasteiger partial charge in [-0.25, -0.2) is 4.98 Å². The van der Waals surface area contributed by atoms with Gasteiger partial charge in [0, 0.05) is 39.0 Å². The minimum atomic E-state index is 0.0885. The molecule has 2 aromatic rings. The SMILES string of the molecule is C=C/C(=C\C=C/CNCN(C)c1ccc(Oc2ccnc(NC=O)c2)cc1NC)C(C)(C)C. The molecule has 1 heterocycles. The Morgan fingerprint density at radius 2 is 1.97 bits per heavy atom. The van der Waals surface area contributed by atoms with Crippen molar-refractivity contribution in [2.75, 3.05) is 42.8 Å². The number of aromatic nitrogens is 1. The van der Waals surface area contributed by atoms with E-state index in [-0.39, 0.29) is 5.41 Å². The van der Waals surface area contributed by atoms with Crippen molar-refractivity contribution in [3.63, 3.8) is 0 Å². The number of ether oxygens (including phenoxy) is 1. The number of allylic oxidation sites excluding steroid dienone is 4. The molecule has 7 heteroatoms. The van der Waals surface area contributed by atoms with Gasteiger partial charge < -0.3 is 20.3 Å². The van der Waals surface area contributed by atoms with Gasteiger partial charge in [-0.15, -0.1) is 0 Å². The van der Waals surface area contributed by atoms with Crippen molar-refractivity contribution in [2.45, 2.75) is 20.8 Å². The van der Waals surface area contributed by atoms with Gasteiger partial charge in [-0.1, -0.05) is 51.7 Å². The van der Waals surface area contributed by atoms with Gasteiger partial charge in [0.15, 0.2) is 0 Å². The van der Waals surface area contributed by atoms with Gasteiger partial charge in [0.05, 0.1) is 18.0 Å². The molecule has 0 aliphatic carbocycles. The fraction of sp³-hybridized carbons (Fsp3) is 0.308. The molecule has 0 unspecified atom stereocenters. The first-order valence-corrected chi connectivity index (χ1v) is 10.9. The van der Waals surface area contributed by atoms with Gasteiger partial charge in [0.25, 0.3) is 0 Å². The molecule has 0 saturated carbocycles. The number of amides is 1. The summed E-state index contributed by atoms with van der Waals surface area (Å²) in [7, 11) is 3.91. The fourth-order valence-electron chi connectivity index (χ4n) is 3.13. The van der Waals surface area contributed by atoms with Crippen LogP contribution in [0.15, 0.2) is 73.0 Å². The fourth-order valence-corrected chi connectivity index (χ4v) is 3.13. The van der Waals surface area contributed by atoms with Crippen LogP contribution in [0.2, 0.25) is 0 Å². The van der Waals surface area contributed by atoms with Crippen molar-refractivity contribution in [3.05, 3.63) is 73.0 Å². The van der Waals surface area contributed by atoms with E-state index in [0.717, 1.165) is 17.9 Å². The molecule has 0 aliphatic rings. The average molecular weight is 450 g/mol. The van der Waals surface area contributed by atoms with Crippen LogP contribution in [0.1, 0.15) is 20.8 Å². The lowest BCUT2D eigenvalue weighted by molar-refractivity contribution is -0.105. The Morgan fingerprint density at radius 3 is 2.64 bits per heavy atom. The number of carbonyl (C=O) groups excluding carboxylic acids is 1. The van der Waals surface area contributed by atoms with Gasteiger partial charge in [-0.2, -0.15) is 0 Å². The lowest BCUT2D eigenvalue weighted by Crippen LogP contribution is -2.31. The molecular weight excluding hydrogens is 414 g/mol. The highest BCUT2D eigenvalue weighted by Crippen LogP contribution is 2.32. The maximum Gasteiger partial charge on any atom is 0.212 e. The summed E-state index contributed by atoms with van der Waals surface area (Å²) in [4.78, 5) is 16.8. The quantitative estimate of drug-likeness (QED) is 0.179. The highest BCUT2D eigenvalue weighted by atomic mass is 16.5. The van der Waals surface area contributed by atoms with E-state index in [1.807, 2.05) is 38.4 Å². The van der Waals surface area contributed by atoms with Crippen LogP contribution in [0.25, 0.3) is 0 Å². The van der Waals surface area contributed by atoms with Gasteiger partial charge >= 0.3 is 0 Å². The van der Waals surface area contributed by atoms with E-state index in [0.29, 0.717) is 30.4 Å². The third-order valence-electron chi connectivity index (χ3n) is 4.93. The van der Waals surface area contributed by atoms with Crippen molar-refractivity contribution in [3.8, 4) is 11.5 Å². The van der Waals surface area contributed by atoms with Crippen LogP contribution in [0.5, 0.6) is 11.5 Å². The minimum Gasteiger partial charge on any atom is -0.457 e. The summed E-state index contributed by atoms with van der Waals surface area (Å²) in [5.74, 6) is 1.70. The van der Waals surface area contributed by atoms with E-state index in [1.165, 1.54) is 5.57 Å². The monoisotopic (exact) mass is 449 g/mol. The molecule has 176 valence electrons. The second-order valence-electron chi connectivity index (χ2n) is 8.48. The molecule has 0 fully saturated rings. The summed E-state index contributed by atoms with van der Waals surface area (Å²) < 4.78 is 5.93. The zero-order valence-corrected chi connectivity index (χ0v) is 20.2. The second-order valence-corrected chi connectivity index (χ2v) is 8.48. The predicted molar refractivity (Wildman–Crippen MR) is 138 cm³/mol. The number of hydrogen-bond acceptors (Lipinski definition) is 6. The van der Waals surface area contributed by atoms with Gasteiger partial charge in [0.2, 0.25) is 6.41 Å². The third-order valence-corrected chi connectivity index (χ3v) is 4.93. The molecule has 0 spiro atoms. The molecule has 0 radical (unpaired) electrons. The first kappa shape index (κ1) is 25.7. The number of benzene rings is 1. The van der Waals surface area contributed by atoms with Crippen molar-refractivity contribution >= 4 is 23.6 Å². The van der Waals surface area contributed by atoms with Crippen LogP contribution in [0, 0.1) is 5.41 Å². The Kier molecular flexibility index (Phi) is 9.69. The number of anilines is 3. The Hall–Kier alpha value is -3.58. The molecule has 1 amide bonds. The van der Waals surface area contributed by atoms with E-state index in [2.05, 4.69) is 71.4 Å². The van der Waals surface area contributed by atoms with E-state index in [9.17, 15) is 4.79 Å². The van der Waals surface area contributed by atoms with Gasteiger partial charge in [-0.3, -0.25) is 10.1 Å². The highest BCUT2D eigenvalue weighted by molar-refractivity contribution is 5.72. The first-order chi connectivity index (χ1) is 15.8. The van der Waals surface area contributed by atoms with E-state index in [1.54, 1.807) is 18.3 Å². The number of pyridine rings is 1. The molecule has 0 aliphatic heterocycles. The standard InChI is InChI=1S/C26H35N5O2/c1-7-20(26(2,3)4)10-8-9-14-28-18-31(6)24-12-11-21(16-23(24)27-5)33-22-13-15-29-25(17-22)30-19-32/h7-13,15-17,19,27-28H,1,14,18H2,2-6H3,(H,29,30,32)/b9-8-,20-10+. The van der Waals surface area contributed by atoms with Crippen LogP contribution < -0.4 is 25.6 Å². The number of rotatable bonds is 12. The third kappa shape index (κ3) is 8.12. The molecule has 33 heavy (non-hydrogen) atoms. The molecule has 1 aromatic heterocycles. The van der Waals surface area contributed by atoms with Crippen LogP contribution >= 0.6 is 0 Å². The topological polar surface area (TPSA) is 78.5 Å². The first-order valence-electron chi connectivity index (χ1n) is 10.9. The lowest BCUT2D eigenvalue weighted by atomic mass is 9.86. The number of carbonyl (C=O) groups is 1. The van der Waals surface area contributed by atoms with E-state index < -0.39 is 0 Å². The molecule has 0 bridgehead atoms. The van der Waals surface area contributed by atoms with Crippen LogP contribution in [0.3, 0.4) is 0 Å². The van der Waals surface area contributed by atoms with Crippen molar-refractivity contribution in [2.24, 2.45) is 5.41 Å². The lowest BCUT2D eigenvalue weighted by Gasteiger charge is -2.23. The van der Waals surface area contributed by atoms with Crippen molar-refractivity contribution < 1.29 is 9.53 Å². The zero-order chi connectivity index (χ0) is 24.3. The maximum atomic E-state index is 10.6.